The first-order chi connectivity index (χ1) is 61.4. The highest BCUT2D eigenvalue weighted by Gasteiger charge is 2.33. The van der Waals surface area contributed by atoms with Crippen molar-refractivity contribution in [1.29, 1.82) is 0 Å². The molecule has 0 aliphatic heterocycles. The van der Waals surface area contributed by atoms with Crippen LogP contribution in [0.5, 0.6) is 0 Å². The normalized spacial score (nSPS) is 17.2. The Kier molecular flexibility index (Phi) is 39.6. The second-order valence-electron chi connectivity index (χ2n) is 36.1. The second-order valence-corrected chi connectivity index (χ2v) is 36.1. The molecule has 14 rings (SSSR count). The van der Waals surface area contributed by atoms with Crippen molar-refractivity contribution in [2.45, 2.75) is 283 Å². The van der Waals surface area contributed by atoms with Gasteiger partial charge in [-0.3, -0.25) is 70.3 Å². The molecule has 20 nitrogen and oxygen atoms in total. The highest BCUT2D eigenvalue weighted by molar-refractivity contribution is 5.89. The predicted octanol–water partition coefficient (Wildman–Crippen LogP) is 19.0. The highest BCUT2D eigenvalue weighted by Crippen LogP contribution is 2.35. The maximum Gasteiger partial charge on any atom is 0.237 e. The van der Waals surface area contributed by atoms with E-state index in [1.165, 1.54) is 43.8 Å². The molecule has 20 heteroatoms. The van der Waals surface area contributed by atoms with Crippen LogP contribution in [-0.4, -0.2) is 128 Å². The van der Waals surface area contributed by atoms with Crippen LogP contribution in [0.2, 0.25) is 0 Å². The van der Waals surface area contributed by atoms with Crippen molar-refractivity contribution in [3.63, 3.8) is 0 Å². The number of nitrogens with one attached hydrogen (secondary N) is 8. The van der Waals surface area contributed by atoms with Gasteiger partial charge in [-0.2, -0.15) is 0 Å². The number of carbonyl (C=O) groups excluding carboxylic acids is 4. The molecule has 0 bridgehead atoms. The third kappa shape index (κ3) is 30.0. The number of hydrogen-bond acceptors (Lipinski definition) is 16. The van der Waals surface area contributed by atoms with Crippen LogP contribution in [-0.2, 0) is 58.0 Å². The lowest BCUT2D eigenvalue weighted by molar-refractivity contribution is -0.125. The molecule has 0 fully saturated rings. The zero-order chi connectivity index (χ0) is 88.8. The summed E-state index contributed by atoms with van der Waals surface area (Å²) in [5.41, 5.74) is 13.7. The number of fused-ring (bicyclic) bond motifs is 6. The van der Waals surface area contributed by atoms with Crippen LogP contribution in [0.3, 0.4) is 0 Å². The van der Waals surface area contributed by atoms with E-state index in [0.717, 1.165) is 226 Å². The number of aromatic nitrogens is 6. The molecule has 10 atom stereocenters. The van der Waals surface area contributed by atoms with Crippen LogP contribution in [0, 0.1) is 11.8 Å². The molecule has 0 saturated carbocycles. The zero-order valence-electron chi connectivity index (χ0n) is 77.0. The maximum atomic E-state index is 13.9. The molecule has 126 heavy (non-hydrogen) atoms. The van der Waals surface area contributed by atoms with Gasteiger partial charge in [0.2, 0.25) is 23.6 Å². The van der Waals surface area contributed by atoms with Crippen molar-refractivity contribution in [1.82, 2.24) is 82.2 Å². The van der Waals surface area contributed by atoms with Crippen molar-refractivity contribution >= 4 is 45.2 Å². The summed E-state index contributed by atoms with van der Waals surface area (Å²) in [4.78, 5) is 85.0. The minimum atomic E-state index is -0.264. The van der Waals surface area contributed by atoms with Gasteiger partial charge in [-0.1, -0.05) is 201 Å². The fourth-order valence-electron chi connectivity index (χ4n) is 18.5. The van der Waals surface area contributed by atoms with Crippen molar-refractivity contribution in [3.8, 4) is 0 Å². The molecular formula is C106H144N16O4. The summed E-state index contributed by atoms with van der Waals surface area (Å²) < 4.78 is 0. The number of carbonyl (C=O) groups is 4. The summed E-state index contributed by atoms with van der Waals surface area (Å²) in [6, 6.07) is 57.1. The quantitative estimate of drug-likeness (QED) is 0.0166. The Balaban J connectivity index is 0.000000165. The lowest BCUT2D eigenvalue weighted by Crippen LogP contribution is -2.47. The van der Waals surface area contributed by atoms with E-state index < -0.39 is 0 Å². The average Bonchev–Trinajstić information content (AvgIpc) is 0.819. The first kappa shape index (κ1) is 96.6. The van der Waals surface area contributed by atoms with Crippen molar-refractivity contribution in [3.05, 3.63) is 275 Å². The summed E-state index contributed by atoms with van der Waals surface area (Å²) in [7, 11) is 4.12. The Morgan fingerprint density at radius 3 is 1.02 bits per heavy atom. The van der Waals surface area contributed by atoms with Gasteiger partial charge in [-0.25, -0.2) is 0 Å². The summed E-state index contributed by atoms with van der Waals surface area (Å²) in [5, 5.41) is 32.3. The van der Waals surface area contributed by atoms with Crippen LogP contribution < -0.4 is 42.5 Å². The molecule has 0 saturated heterocycles. The van der Waals surface area contributed by atoms with Crippen LogP contribution in [0.15, 0.2) is 207 Å². The predicted molar refractivity (Wildman–Crippen MR) is 512 cm³/mol. The monoisotopic (exact) mass is 1710 g/mol. The molecule has 4 amide bonds. The number of hydrogen-bond donors (Lipinski definition) is 8. The standard InChI is InChI=1S/C34H48N4O.C28H35N3O.C22H31N5O.C22H30N4O/c1-24(2)22-38(23-25(3)4)21-11-19-32(37-31-18-9-14-28-15-10-20-35-33(28)31)34(39)36-26(5)29-17-8-13-27-12-6-7-16-30(27)29;1-3-4-5-17-26(31-25-18-9-13-22-14-10-19-29-27(22)25)28(32)30-20(2)23-16-8-12-21-11-6-7-15-24(21)23;1-27(2)15-7-12-20(22(28)25-16-18-10-3-4-13-23-18)26-19-11-5-8-17-9-6-14-24-21(17)19;1-2-3-4-12-20(22(27)25-16-18-11-5-6-14-23-18)26-19-13-7-9-17-10-8-15-24-21(17)19/h6-8,10,12-13,15-17,20,24-26,31-32,37H,9,11,14,18-19,21-23H2,1-5H3,(H,36,39);6-8,10-12,14-16,19-20,25-26,31H,3-5,9,13,17-18H2,1-2H3,(H,30,32);3-4,6,9-10,13-14,19-20,26H,5,7-8,11-12,15-16H2,1-2H3,(H,25,28);5-6,8,10-11,14-15,19-20,26H,2-4,7,9,12-13,16H2,1H3,(H,25,27). The number of pyridine rings is 6. The van der Waals surface area contributed by atoms with E-state index in [4.69, 9.17) is 4.98 Å². The molecular weight excluding hydrogens is 1560 g/mol. The Labute approximate surface area is 752 Å². The largest absolute Gasteiger partial charge is 0.349 e. The number of rotatable bonds is 40. The van der Waals surface area contributed by atoms with E-state index in [-0.39, 0.29) is 84.0 Å². The van der Waals surface area contributed by atoms with Crippen molar-refractivity contribution < 1.29 is 19.2 Å². The minimum Gasteiger partial charge on any atom is -0.349 e. The first-order valence-corrected chi connectivity index (χ1v) is 47.5. The molecule has 10 aromatic rings. The topological polar surface area (TPSA) is 248 Å². The second kappa shape index (κ2) is 51.7. The van der Waals surface area contributed by atoms with E-state index in [1.54, 1.807) is 12.4 Å². The Bertz CT molecular complexity index is 4910. The fraction of sp³-hybridized carbons (Fsp3) is 0.491. The van der Waals surface area contributed by atoms with Crippen molar-refractivity contribution in [2.24, 2.45) is 11.8 Å². The Morgan fingerprint density at radius 2 is 0.683 bits per heavy atom. The molecule has 6 aromatic heterocycles. The van der Waals surface area contributed by atoms with E-state index in [9.17, 15) is 19.2 Å². The molecule has 0 spiro atoms. The molecule has 4 aromatic carbocycles. The third-order valence-electron chi connectivity index (χ3n) is 24.8. The number of amides is 4. The SMILES string of the molecule is CC(C)CN(CCCC(NC1CCCc2cccnc21)C(=O)NC(C)c1cccc2ccccc12)CC(C)C.CCCCCC(NC1CCCc2cccnc21)C(=O)NC(C)c1cccc2ccccc12.CCCCCC(NC1CCCc2cccnc21)C(=O)NCc1ccccn1.CN(C)CCCC(NC1CCCc2cccnc21)C(=O)NCc1ccccn1. The number of nitrogens with zero attached hydrogens (tertiary/aromatic N) is 8. The lowest BCUT2D eigenvalue weighted by atomic mass is 9.91. The van der Waals surface area contributed by atoms with E-state index in [2.05, 4.69) is 256 Å². The van der Waals surface area contributed by atoms with Crippen LogP contribution in [0.25, 0.3) is 21.5 Å². The van der Waals surface area contributed by atoms with E-state index >= 15 is 0 Å². The van der Waals surface area contributed by atoms with Gasteiger partial charge in [0.25, 0.3) is 0 Å². The van der Waals surface area contributed by atoms with E-state index in [1.807, 2.05) is 85.5 Å². The Morgan fingerprint density at radius 1 is 0.357 bits per heavy atom. The molecule has 4 aliphatic rings. The van der Waals surface area contributed by atoms with Crippen LogP contribution >= 0.6 is 0 Å². The van der Waals surface area contributed by atoms with Crippen LogP contribution in [0.1, 0.15) is 288 Å². The third-order valence-corrected chi connectivity index (χ3v) is 24.8. The highest BCUT2D eigenvalue weighted by atomic mass is 16.2. The van der Waals surface area contributed by atoms with Gasteiger partial charge >= 0.3 is 0 Å². The molecule has 672 valence electrons. The van der Waals surface area contributed by atoms with Gasteiger partial charge in [0, 0.05) is 50.3 Å². The first-order valence-electron chi connectivity index (χ1n) is 47.5. The zero-order valence-corrected chi connectivity index (χ0v) is 77.0. The van der Waals surface area contributed by atoms with Gasteiger partial charge in [-0.15, -0.1) is 0 Å². The Hall–Kier alpha value is -10.1. The summed E-state index contributed by atoms with van der Waals surface area (Å²) in [6.45, 7) is 22.8. The molecule has 6 heterocycles. The smallest absolute Gasteiger partial charge is 0.237 e. The lowest BCUT2D eigenvalue weighted by Gasteiger charge is -2.31. The van der Waals surface area contributed by atoms with Gasteiger partial charge in [-0.05, 0) is 272 Å². The van der Waals surface area contributed by atoms with Gasteiger partial charge in [0.15, 0.2) is 0 Å². The van der Waals surface area contributed by atoms with Crippen LogP contribution in [0.4, 0.5) is 0 Å². The van der Waals surface area contributed by atoms with Crippen molar-refractivity contribution in [2.75, 3.05) is 40.3 Å². The summed E-state index contributed by atoms with van der Waals surface area (Å²) >= 11 is 0. The summed E-state index contributed by atoms with van der Waals surface area (Å²) in [6.07, 6.45) is 35.7. The summed E-state index contributed by atoms with van der Waals surface area (Å²) in [5.74, 6) is 1.52. The molecule has 8 N–H and O–H groups in total. The number of unbranched alkanes of at least 4 members (excludes halogenated alkanes) is 4. The number of aryl methyl sites for hydroxylation is 4. The fourth-order valence-corrected chi connectivity index (χ4v) is 18.5. The maximum absolute atomic E-state index is 13.9. The molecule has 4 aliphatic carbocycles. The minimum absolute atomic E-state index is 0.0347. The number of benzene rings is 4. The molecule has 10 unspecified atom stereocenters. The average molecular weight is 1710 g/mol. The van der Waals surface area contributed by atoms with Gasteiger partial charge in [0.1, 0.15) is 0 Å². The molecule has 0 radical (unpaired) electrons. The van der Waals surface area contributed by atoms with Gasteiger partial charge < -0.3 is 31.1 Å². The van der Waals surface area contributed by atoms with E-state index in [0.29, 0.717) is 24.9 Å². The van der Waals surface area contributed by atoms with Gasteiger partial charge in [0.05, 0.1) is 108 Å².